The number of urea groups is 1. The largest absolute Gasteiger partial charge is 0.481 e. The molecule has 0 aromatic rings. The lowest BCUT2D eigenvalue weighted by Crippen LogP contribution is -2.49. The van der Waals surface area contributed by atoms with E-state index in [2.05, 4.69) is 19.2 Å². The molecule has 1 aliphatic heterocycles. The van der Waals surface area contributed by atoms with Crippen molar-refractivity contribution in [1.29, 1.82) is 0 Å². The Morgan fingerprint density at radius 3 is 2.68 bits per heavy atom. The molecule has 1 aliphatic rings. The van der Waals surface area contributed by atoms with Gasteiger partial charge in [0.25, 0.3) is 0 Å². The second-order valence-corrected chi connectivity index (χ2v) is 5.72. The van der Waals surface area contributed by atoms with Crippen molar-refractivity contribution in [2.24, 2.45) is 11.8 Å². The second-order valence-electron chi connectivity index (χ2n) is 5.72. The lowest BCUT2D eigenvalue weighted by molar-refractivity contribution is -0.143. The van der Waals surface area contributed by atoms with Crippen molar-refractivity contribution in [3.8, 4) is 0 Å². The van der Waals surface area contributed by atoms with Crippen LogP contribution >= 0.6 is 0 Å². The van der Waals surface area contributed by atoms with Gasteiger partial charge in [-0.3, -0.25) is 4.79 Å². The van der Waals surface area contributed by atoms with Crippen molar-refractivity contribution >= 4 is 12.0 Å². The molecule has 0 aliphatic carbocycles. The highest BCUT2D eigenvalue weighted by Gasteiger charge is 2.28. The average Bonchev–Trinajstić information content (AvgIpc) is 2.38. The van der Waals surface area contributed by atoms with Crippen LogP contribution in [0.5, 0.6) is 0 Å². The van der Waals surface area contributed by atoms with Gasteiger partial charge in [-0.05, 0) is 32.1 Å². The normalized spacial score (nSPS) is 22.7. The molecule has 1 saturated heterocycles. The summed E-state index contributed by atoms with van der Waals surface area (Å²) in [4.78, 5) is 24.7. The quantitative estimate of drug-likeness (QED) is 0.805. The smallest absolute Gasteiger partial charge is 0.317 e. The first-order valence-electron chi connectivity index (χ1n) is 7.22. The monoisotopic (exact) mass is 270 g/mol. The number of amides is 2. The van der Waals surface area contributed by atoms with E-state index >= 15 is 0 Å². The standard InChI is InChI=1S/C14H26N2O3/c1-4-10(2)8-11(3)15-14(19)16-7-5-6-12(9-16)13(17)18/h10-12H,4-9H2,1-3H3,(H,15,19)(H,17,18)/t10?,11?,12-/m1/s1. The van der Waals surface area contributed by atoms with E-state index in [1.54, 1.807) is 4.90 Å². The Labute approximate surface area is 115 Å². The number of rotatable bonds is 5. The molecule has 0 bridgehead atoms. The molecule has 0 aromatic carbocycles. The number of hydrogen-bond acceptors (Lipinski definition) is 2. The summed E-state index contributed by atoms with van der Waals surface area (Å²) in [7, 11) is 0. The fourth-order valence-electron chi connectivity index (χ4n) is 2.49. The van der Waals surface area contributed by atoms with E-state index in [9.17, 15) is 9.59 Å². The van der Waals surface area contributed by atoms with Gasteiger partial charge in [-0.25, -0.2) is 4.79 Å². The molecule has 5 heteroatoms. The van der Waals surface area contributed by atoms with Crippen LogP contribution in [0.15, 0.2) is 0 Å². The number of carboxylic acid groups (broad SMARTS) is 1. The Morgan fingerprint density at radius 2 is 2.11 bits per heavy atom. The van der Waals surface area contributed by atoms with Crippen LogP contribution in [-0.2, 0) is 4.79 Å². The first kappa shape index (κ1) is 15.8. The van der Waals surface area contributed by atoms with Gasteiger partial charge in [-0.1, -0.05) is 20.3 Å². The third-order valence-corrected chi connectivity index (χ3v) is 3.88. The Balaban J connectivity index is 2.42. The maximum Gasteiger partial charge on any atom is 0.317 e. The number of carbonyl (C=O) groups excluding carboxylic acids is 1. The summed E-state index contributed by atoms with van der Waals surface area (Å²) >= 11 is 0. The van der Waals surface area contributed by atoms with Gasteiger partial charge in [0.2, 0.25) is 0 Å². The van der Waals surface area contributed by atoms with Gasteiger partial charge in [-0.2, -0.15) is 0 Å². The van der Waals surface area contributed by atoms with Crippen molar-refractivity contribution in [2.75, 3.05) is 13.1 Å². The van der Waals surface area contributed by atoms with E-state index < -0.39 is 11.9 Å². The van der Waals surface area contributed by atoms with Gasteiger partial charge >= 0.3 is 12.0 Å². The molecule has 1 heterocycles. The molecule has 5 nitrogen and oxygen atoms in total. The molecule has 0 aromatic heterocycles. The van der Waals surface area contributed by atoms with Gasteiger partial charge in [0.1, 0.15) is 0 Å². The van der Waals surface area contributed by atoms with Gasteiger partial charge < -0.3 is 15.3 Å². The maximum atomic E-state index is 12.1. The van der Waals surface area contributed by atoms with E-state index in [-0.39, 0.29) is 12.1 Å². The van der Waals surface area contributed by atoms with Crippen LogP contribution in [0.4, 0.5) is 4.79 Å². The Hall–Kier alpha value is -1.26. The zero-order valence-electron chi connectivity index (χ0n) is 12.2. The molecule has 2 amide bonds. The molecule has 0 saturated carbocycles. The number of nitrogens with zero attached hydrogens (tertiary/aromatic N) is 1. The van der Waals surface area contributed by atoms with Crippen molar-refractivity contribution in [1.82, 2.24) is 10.2 Å². The zero-order valence-corrected chi connectivity index (χ0v) is 12.2. The van der Waals surface area contributed by atoms with E-state index in [0.29, 0.717) is 25.4 Å². The molecule has 1 fully saturated rings. The van der Waals surface area contributed by atoms with Crippen molar-refractivity contribution in [2.45, 2.75) is 52.5 Å². The third-order valence-electron chi connectivity index (χ3n) is 3.88. The molecular formula is C14H26N2O3. The Kier molecular flexibility index (Phi) is 6.12. The predicted molar refractivity (Wildman–Crippen MR) is 74.0 cm³/mol. The maximum absolute atomic E-state index is 12.1. The fraction of sp³-hybridized carbons (Fsp3) is 0.857. The number of piperidine rings is 1. The predicted octanol–water partition coefficient (Wildman–Crippen LogP) is 2.32. The average molecular weight is 270 g/mol. The van der Waals surface area contributed by atoms with Crippen LogP contribution in [0.2, 0.25) is 0 Å². The van der Waals surface area contributed by atoms with Crippen molar-refractivity contribution in [3.63, 3.8) is 0 Å². The minimum absolute atomic E-state index is 0.123. The molecule has 0 radical (unpaired) electrons. The molecule has 1 rings (SSSR count). The summed E-state index contributed by atoms with van der Waals surface area (Å²) < 4.78 is 0. The summed E-state index contributed by atoms with van der Waals surface area (Å²) in [5.74, 6) is -0.627. The minimum atomic E-state index is -0.801. The van der Waals surface area contributed by atoms with Crippen LogP contribution in [-0.4, -0.2) is 41.1 Å². The number of carbonyl (C=O) groups is 2. The highest BCUT2D eigenvalue weighted by molar-refractivity contribution is 5.76. The van der Waals surface area contributed by atoms with Gasteiger partial charge in [-0.15, -0.1) is 0 Å². The zero-order chi connectivity index (χ0) is 14.4. The summed E-state index contributed by atoms with van der Waals surface area (Å²) in [5, 5.41) is 12.0. The summed E-state index contributed by atoms with van der Waals surface area (Å²) in [6.45, 7) is 7.30. The van der Waals surface area contributed by atoms with Gasteiger partial charge in [0.15, 0.2) is 0 Å². The molecule has 110 valence electrons. The van der Waals surface area contributed by atoms with Crippen molar-refractivity contribution < 1.29 is 14.7 Å². The SMILES string of the molecule is CCC(C)CC(C)NC(=O)N1CCC[C@@H](C(=O)O)C1. The highest BCUT2D eigenvalue weighted by Crippen LogP contribution is 2.17. The summed E-state index contributed by atoms with van der Waals surface area (Å²) in [6, 6.07) is 0.00871. The van der Waals surface area contributed by atoms with Crippen LogP contribution in [0, 0.1) is 11.8 Å². The first-order chi connectivity index (χ1) is 8.93. The molecule has 19 heavy (non-hydrogen) atoms. The topological polar surface area (TPSA) is 69.6 Å². The third kappa shape index (κ3) is 5.09. The van der Waals surface area contributed by atoms with E-state index in [0.717, 1.165) is 19.3 Å². The first-order valence-corrected chi connectivity index (χ1v) is 7.22. The minimum Gasteiger partial charge on any atom is -0.481 e. The van der Waals surface area contributed by atoms with Gasteiger partial charge in [0, 0.05) is 19.1 Å². The Morgan fingerprint density at radius 1 is 1.42 bits per heavy atom. The van der Waals surface area contributed by atoms with Crippen LogP contribution in [0.3, 0.4) is 0 Å². The van der Waals surface area contributed by atoms with Crippen molar-refractivity contribution in [3.05, 3.63) is 0 Å². The van der Waals surface area contributed by atoms with Gasteiger partial charge in [0.05, 0.1) is 5.92 Å². The number of nitrogens with one attached hydrogen (secondary N) is 1. The number of aliphatic carboxylic acids is 1. The van der Waals surface area contributed by atoms with Crippen LogP contribution in [0.1, 0.15) is 46.5 Å². The van der Waals surface area contributed by atoms with Crippen LogP contribution in [0.25, 0.3) is 0 Å². The lowest BCUT2D eigenvalue weighted by Gasteiger charge is -2.32. The molecule has 2 N–H and O–H groups in total. The summed E-state index contributed by atoms with van der Waals surface area (Å²) in [6.07, 6.45) is 3.50. The molecule has 2 unspecified atom stereocenters. The Bertz CT molecular complexity index is 320. The molecule has 0 spiro atoms. The number of carboxylic acids is 1. The van der Waals surface area contributed by atoms with E-state index in [4.69, 9.17) is 5.11 Å². The fourth-order valence-corrected chi connectivity index (χ4v) is 2.49. The summed E-state index contributed by atoms with van der Waals surface area (Å²) in [5.41, 5.74) is 0. The number of hydrogen-bond donors (Lipinski definition) is 2. The van der Waals surface area contributed by atoms with Crippen LogP contribution < -0.4 is 5.32 Å². The lowest BCUT2D eigenvalue weighted by atomic mass is 9.98. The number of likely N-dealkylation sites (tertiary alicyclic amines) is 1. The molecule has 3 atom stereocenters. The highest BCUT2D eigenvalue weighted by atomic mass is 16.4. The van der Waals surface area contributed by atoms with E-state index in [1.807, 2.05) is 6.92 Å². The molecular weight excluding hydrogens is 244 g/mol. The second kappa shape index (κ2) is 7.36. The van der Waals surface area contributed by atoms with E-state index in [1.165, 1.54) is 0 Å².